The molecule has 0 amide bonds. The van der Waals surface area contributed by atoms with Crippen molar-refractivity contribution >= 4 is 11.3 Å². The molecule has 1 heterocycles. The van der Waals surface area contributed by atoms with Gasteiger partial charge in [0.05, 0.1) is 0 Å². The number of hydrogen-bond acceptors (Lipinski definition) is 2. The quantitative estimate of drug-likeness (QED) is 0.677. The van der Waals surface area contributed by atoms with Crippen LogP contribution in [0.15, 0.2) is 16.8 Å². The Hall–Kier alpha value is -0.340. The monoisotopic (exact) mass is 141 g/mol. The molecule has 0 aromatic carbocycles. The third-order valence-corrected chi connectivity index (χ3v) is 1.89. The Bertz CT molecular complexity index is 146. The van der Waals surface area contributed by atoms with Crippen LogP contribution in [0.3, 0.4) is 0 Å². The smallest absolute Gasteiger partial charge is 0.0213 e. The molecule has 1 rings (SSSR count). The van der Waals surface area contributed by atoms with Crippen LogP contribution in [-0.4, -0.2) is 6.54 Å². The van der Waals surface area contributed by atoms with Crippen LogP contribution in [0, 0.1) is 0 Å². The molecular weight excluding hydrogens is 130 g/mol. The fourth-order valence-corrected chi connectivity index (χ4v) is 1.33. The predicted molar refractivity (Wildman–Crippen MR) is 41.7 cm³/mol. The molecule has 0 radical (unpaired) electrons. The van der Waals surface area contributed by atoms with Crippen LogP contribution in [0.25, 0.3) is 0 Å². The van der Waals surface area contributed by atoms with Crippen LogP contribution < -0.4 is 5.32 Å². The molecule has 1 aromatic heterocycles. The first-order valence-corrected chi connectivity index (χ1v) is 4.09. The summed E-state index contributed by atoms with van der Waals surface area (Å²) in [5, 5.41) is 7.53. The standard InChI is InChI=1S/C7H11NS/c1-2-8-5-7-3-4-9-6-7/h3-4,6,8H,2,5H2,1H3. The molecule has 1 nitrogen and oxygen atoms in total. The van der Waals surface area contributed by atoms with Crippen molar-refractivity contribution in [1.82, 2.24) is 5.32 Å². The maximum Gasteiger partial charge on any atom is 0.0213 e. The Balaban J connectivity index is 2.30. The predicted octanol–water partition coefficient (Wildman–Crippen LogP) is 1.86. The third kappa shape index (κ3) is 2.16. The van der Waals surface area contributed by atoms with Crippen molar-refractivity contribution in [3.05, 3.63) is 22.4 Å². The molecule has 1 N–H and O–H groups in total. The normalized spacial score (nSPS) is 9.89. The minimum absolute atomic E-state index is 1.01. The zero-order valence-corrected chi connectivity index (χ0v) is 6.37. The molecule has 50 valence electrons. The summed E-state index contributed by atoms with van der Waals surface area (Å²) >= 11 is 1.75. The highest BCUT2D eigenvalue weighted by Gasteiger charge is 1.87. The number of rotatable bonds is 3. The average Bonchev–Trinajstić information content (AvgIpc) is 2.34. The lowest BCUT2D eigenvalue weighted by Crippen LogP contribution is -2.10. The molecule has 0 bridgehead atoms. The Morgan fingerprint density at radius 1 is 1.67 bits per heavy atom. The van der Waals surface area contributed by atoms with E-state index in [-0.39, 0.29) is 0 Å². The molecule has 0 aliphatic heterocycles. The van der Waals surface area contributed by atoms with Gasteiger partial charge in [0, 0.05) is 6.54 Å². The first-order valence-electron chi connectivity index (χ1n) is 3.15. The van der Waals surface area contributed by atoms with Gasteiger partial charge in [-0.3, -0.25) is 0 Å². The topological polar surface area (TPSA) is 12.0 Å². The largest absolute Gasteiger partial charge is 0.313 e. The fourth-order valence-electron chi connectivity index (χ4n) is 0.663. The van der Waals surface area contributed by atoms with Gasteiger partial charge in [-0.05, 0) is 28.9 Å². The summed E-state index contributed by atoms with van der Waals surface area (Å²) in [5.41, 5.74) is 1.39. The molecule has 0 atom stereocenters. The van der Waals surface area contributed by atoms with Crippen molar-refractivity contribution in [2.75, 3.05) is 6.54 Å². The summed E-state index contributed by atoms with van der Waals surface area (Å²) in [5.74, 6) is 0. The van der Waals surface area contributed by atoms with Gasteiger partial charge in [-0.25, -0.2) is 0 Å². The van der Waals surface area contributed by atoms with E-state index in [1.165, 1.54) is 5.56 Å². The van der Waals surface area contributed by atoms with E-state index in [1.54, 1.807) is 11.3 Å². The Labute approximate surface area is 59.7 Å². The van der Waals surface area contributed by atoms with Gasteiger partial charge in [-0.1, -0.05) is 6.92 Å². The number of thiophene rings is 1. The van der Waals surface area contributed by atoms with Crippen molar-refractivity contribution in [2.24, 2.45) is 0 Å². The van der Waals surface area contributed by atoms with Crippen molar-refractivity contribution in [3.63, 3.8) is 0 Å². The van der Waals surface area contributed by atoms with Gasteiger partial charge >= 0.3 is 0 Å². The van der Waals surface area contributed by atoms with Gasteiger partial charge < -0.3 is 5.32 Å². The van der Waals surface area contributed by atoms with E-state index in [1.807, 2.05) is 0 Å². The second-order valence-corrected chi connectivity index (χ2v) is 2.69. The maximum atomic E-state index is 3.26. The Morgan fingerprint density at radius 3 is 3.11 bits per heavy atom. The first kappa shape index (κ1) is 6.78. The molecule has 0 fully saturated rings. The van der Waals surface area contributed by atoms with Gasteiger partial charge in [0.15, 0.2) is 0 Å². The lowest BCUT2D eigenvalue weighted by Gasteiger charge is -1.95. The second kappa shape index (κ2) is 3.64. The summed E-state index contributed by atoms with van der Waals surface area (Å²) in [6, 6.07) is 2.15. The molecule has 0 spiro atoms. The molecule has 0 aliphatic carbocycles. The van der Waals surface area contributed by atoms with Crippen molar-refractivity contribution in [2.45, 2.75) is 13.5 Å². The molecule has 0 unspecified atom stereocenters. The summed E-state index contributed by atoms with van der Waals surface area (Å²) in [7, 11) is 0. The fraction of sp³-hybridized carbons (Fsp3) is 0.429. The van der Waals surface area contributed by atoms with E-state index < -0.39 is 0 Å². The Kier molecular flexibility index (Phi) is 2.74. The maximum absolute atomic E-state index is 3.26. The molecule has 2 heteroatoms. The van der Waals surface area contributed by atoms with Gasteiger partial charge in [-0.2, -0.15) is 11.3 Å². The summed E-state index contributed by atoms with van der Waals surface area (Å²) < 4.78 is 0. The molecule has 9 heavy (non-hydrogen) atoms. The summed E-state index contributed by atoms with van der Waals surface area (Å²) in [6.07, 6.45) is 0. The van der Waals surface area contributed by atoms with Gasteiger partial charge in [0.2, 0.25) is 0 Å². The Morgan fingerprint density at radius 2 is 2.56 bits per heavy atom. The average molecular weight is 141 g/mol. The first-order chi connectivity index (χ1) is 4.43. The van der Waals surface area contributed by atoms with Crippen LogP contribution >= 0.6 is 11.3 Å². The van der Waals surface area contributed by atoms with E-state index in [0.717, 1.165) is 13.1 Å². The van der Waals surface area contributed by atoms with Crippen LogP contribution in [0.1, 0.15) is 12.5 Å². The zero-order chi connectivity index (χ0) is 6.53. The number of nitrogens with one attached hydrogen (secondary N) is 1. The second-order valence-electron chi connectivity index (χ2n) is 1.91. The third-order valence-electron chi connectivity index (χ3n) is 1.16. The summed E-state index contributed by atoms with van der Waals surface area (Å²) in [4.78, 5) is 0. The van der Waals surface area contributed by atoms with Crippen molar-refractivity contribution in [3.8, 4) is 0 Å². The van der Waals surface area contributed by atoms with E-state index in [9.17, 15) is 0 Å². The lowest BCUT2D eigenvalue weighted by molar-refractivity contribution is 0.729. The van der Waals surface area contributed by atoms with E-state index in [4.69, 9.17) is 0 Å². The molecule has 1 aromatic rings. The SMILES string of the molecule is CCNCc1ccsc1. The van der Waals surface area contributed by atoms with E-state index in [2.05, 4.69) is 29.1 Å². The zero-order valence-electron chi connectivity index (χ0n) is 5.55. The van der Waals surface area contributed by atoms with Crippen LogP contribution in [0.2, 0.25) is 0 Å². The highest BCUT2D eigenvalue weighted by molar-refractivity contribution is 7.07. The van der Waals surface area contributed by atoms with Gasteiger partial charge in [0.25, 0.3) is 0 Å². The highest BCUT2D eigenvalue weighted by atomic mass is 32.1. The minimum Gasteiger partial charge on any atom is -0.313 e. The summed E-state index contributed by atoms with van der Waals surface area (Å²) in [6.45, 7) is 4.18. The molecular formula is C7H11NS. The molecule has 0 saturated carbocycles. The van der Waals surface area contributed by atoms with Gasteiger partial charge in [0.1, 0.15) is 0 Å². The van der Waals surface area contributed by atoms with Crippen LogP contribution in [0.4, 0.5) is 0 Å². The minimum atomic E-state index is 1.01. The van der Waals surface area contributed by atoms with Crippen molar-refractivity contribution in [1.29, 1.82) is 0 Å². The van der Waals surface area contributed by atoms with Crippen molar-refractivity contribution < 1.29 is 0 Å². The molecule has 0 saturated heterocycles. The lowest BCUT2D eigenvalue weighted by atomic mass is 10.3. The van der Waals surface area contributed by atoms with E-state index in [0.29, 0.717) is 0 Å². The van der Waals surface area contributed by atoms with Crippen LogP contribution in [0.5, 0.6) is 0 Å². The highest BCUT2D eigenvalue weighted by Crippen LogP contribution is 2.04. The van der Waals surface area contributed by atoms with E-state index >= 15 is 0 Å². The number of hydrogen-bond donors (Lipinski definition) is 1. The van der Waals surface area contributed by atoms with Gasteiger partial charge in [-0.15, -0.1) is 0 Å². The molecule has 0 aliphatic rings. The van der Waals surface area contributed by atoms with Crippen LogP contribution in [-0.2, 0) is 6.54 Å².